The number of unbranched alkanes of at least 4 members (excludes halogenated alkanes) is 1. The maximum atomic E-state index is 11.8. The van der Waals surface area contributed by atoms with Gasteiger partial charge in [-0.25, -0.2) is 0 Å². The summed E-state index contributed by atoms with van der Waals surface area (Å²) in [5, 5.41) is 5.41. The minimum atomic E-state index is -0.496. The number of benzene rings is 1. The Bertz CT molecular complexity index is 446. The van der Waals surface area contributed by atoms with Crippen molar-refractivity contribution in [1.82, 2.24) is 0 Å². The Hall–Kier alpha value is -1.88. The largest absolute Gasteiger partial charge is 0.326 e. The molecule has 5 heteroatoms. The van der Waals surface area contributed by atoms with Crippen molar-refractivity contribution in [3.63, 3.8) is 0 Å². The summed E-state index contributed by atoms with van der Waals surface area (Å²) in [5.74, 6) is -0.350. The highest BCUT2D eigenvalue weighted by atomic mass is 16.2. The van der Waals surface area contributed by atoms with Crippen LogP contribution in [0.4, 0.5) is 11.4 Å². The second kappa shape index (κ2) is 7.53. The Morgan fingerprint density at radius 1 is 1.26 bits per heavy atom. The summed E-state index contributed by atoms with van der Waals surface area (Å²) in [6, 6.07) is 6.48. The van der Waals surface area contributed by atoms with Gasteiger partial charge in [0, 0.05) is 18.3 Å². The second-order valence-corrected chi connectivity index (χ2v) is 4.50. The minimum absolute atomic E-state index is 0.150. The molecule has 1 rings (SSSR count). The van der Waals surface area contributed by atoms with Crippen molar-refractivity contribution in [2.75, 3.05) is 10.6 Å². The highest BCUT2D eigenvalue weighted by Gasteiger charge is 2.12. The molecule has 0 aliphatic heterocycles. The van der Waals surface area contributed by atoms with Crippen LogP contribution in [0.3, 0.4) is 0 Å². The van der Waals surface area contributed by atoms with Gasteiger partial charge in [-0.2, -0.15) is 0 Å². The van der Waals surface area contributed by atoms with E-state index < -0.39 is 6.04 Å². The SMILES string of the molecule is CCCC[C@H](N)C(=O)Nc1cccc(NC(C)=O)c1. The maximum Gasteiger partial charge on any atom is 0.241 e. The zero-order valence-electron chi connectivity index (χ0n) is 11.4. The summed E-state index contributed by atoms with van der Waals surface area (Å²) in [4.78, 5) is 22.8. The maximum absolute atomic E-state index is 11.8. The van der Waals surface area contributed by atoms with Gasteiger partial charge < -0.3 is 16.4 Å². The molecule has 0 radical (unpaired) electrons. The van der Waals surface area contributed by atoms with Crippen LogP contribution in [0.25, 0.3) is 0 Å². The van der Waals surface area contributed by atoms with Gasteiger partial charge >= 0.3 is 0 Å². The third kappa shape index (κ3) is 5.52. The average molecular weight is 263 g/mol. The molecule has 1 aromatic rings. The number of carbonyl (C=O) groups is 2. The van der Waals surface area contributed by atoms with Crippen molar-refractivity contribution < 1.29 is 9.59 Å². The van der Waals surface area contributed by atoms with Crippen molar-refractivity contribution in [2.45, 2.75) is 39.2 Å². The number of anilines is 2. The Morgan fingerprint density at radius 3 is 2.47 bits per heavy atom. The molecule has 0 saturated heterocycles. The van der Waals surface area contributed by atoms with Gasteiger partial charge in [-0.05, 0) is 24.6 Å². The van der Waals surface area contributed by atoms with Crippen molar-refractivity contribution in [2.24, 2.45) is 5.73 Å². The third-order valence-electron chi connectivity index (χ3n) is 2.66. The molecule has 104 valence electrons. The van der Waals surface area contributed by atoms with E-state index >= 15 is 0 Å². The van der Waals surface area contributed by atoms with Crippen LogP contribution in [0, 0.1) is 0 Å². The van der Waals surface area contributed by atoms with E-state index in [1.165, 1.54) is 6.92 Å². The van der Waals surface area contributed by atoms with Gasteiger partial charge in [-0.1, -0.05) is 25.8 Å². The third-order valence-corrected chi connectivity index (χ3v) is 2.66. The van der Waals surface area contributed by atoms with Gasteiger partial charge in [0.1, 0.15) is 0 Å². The number of hydrogen-bond donors (Lipinski definition) is 3. The molecule has 5 nitrogen and oxygen atoms in total. The molecule has 0 aliphatic carbocycles. The average Bonchev–Trinajstić information content (AvgIpc) is 2.35. The molecule has 0 aliphatic rings. The number of rotatable bonds is 6. The Kier molecular flexibility index (Phi) is 6.02. The summed E-state index contributed by atoms with van der Waals surface area (Å²) >= 11 is 0. The van der Waals surface area contributed by atoms with Gasteiger partial charge in [-0.15, -0.1) is 0 Å². The van der Waals surface area contributed by atoms with E-state index in [0.717, 1.165) is 12.8 Å². The first kappa shape index (κ1) is 15.2. The number of nitrogens with two attached hydrogens (primary N) is 1. The quantitative estimate of drug-likeness (QED) is 0.734. The molecule has 1 atom stereocenters. The van der Waals surface area contributed by atoms with Crippen LogP contribution < -0.4 is 16.4 Å². The van der Waals surface area contributed by atoms with Crippen LogP contribution >= 0.6 is 0 Å². The fraction of sp³-hybridized carbons (Fsp3) is 0.429. The van der Waals surface area contributed by atoms with Crippen LogP contribution in [0.15, 0.2) is 24.3 Å². The molecule has 2 amide bonds. The first-order chi connectivity index (χ1) is 9.02. The lowest BCUT2D eigenvalue weighted by Crippen LogP contribution is -2.35. The number of nitrogens with one attached hydrogen (secondary N) is 2. The zero-order chi connectivity index (χ0) is 14.3. The molecule has 0 spiro atoms. The van der Waals surface area contributed by atoms with Gasteiger partial charge in [-0.3, -0.25) is 9.59 Å². The summed E-state index contributed by atoms with van der Waals surface area (Å²) in [7, 11) is 0. The second-order valence-electron chi connectivity index (χ2n) is 4.50. The van der Waals surface area contributed by atoms with Gasteiger partial charge in [0.05, 0.1) is 6.04 Å². The zero-order valence-corrected chi connectivity index (χ0v) is 11.4. The van der Waals surface area contributed by atoms with Crippen LogP contribution in [-0.4, -0.2) is 17.9 Å². The van der Waals surface area contributed by atoms with E-state index in [1.54, 1.807) is 24.3 Å². The normalized spacial score (nSPS) is 11.7. The highest BCUT2D eigenvalue weighted by molar-refractivity contribution is 5.96. The van der Waals surface area contributed by atoms with Crippen LogP contribution in [0.1, 0.15) is 33.1 Å². The van der Waals surface area contributed by atoms with E-state index in [1.807, 2.05) is 0 Å². The van der Waals surface area contributed by atoms with Gasteiger partial charge in [0.25, 0.3) is 0 Å². The van der Waals surface area contributed by atoms with Crippen molar-refractivity contribution in [1.29, 1.82) is 0 Å². The first-order valence-corrected chi connectivity index (χ1v) is 6.47. The minimum Gasteiger partial charge on any atom is -0.326 e. The van der Waals surface area contributed by atoms with E-state index in [2.05, 4.69) is 17.6 Å². The molecule has 0 heterocycles. The van der Waals surface area contributed by atoms with E-state index in [-0.39, 0.29) is 11.8 Å². The lowest BCUT2D eigenvalue weighted by Gasteiger charge is -2.12. The van der Waals surface area contributed by atoms with Crippen LogP contribution in [0.5, 0.6) is 0 Å². The van der Waals surface area contributed by atoms with Crippen molar-refractivity contribution in [3.05, 3.63) is 24.3 Å². The lowest BCUT2D eigenvalue weighted by atomic mass is 10.1. The topological polar surface area (TPSA) is 84.2 Å². The monoisotopic (exact) mass is 263 g/mol. The van der Waals surface area contributed by atoms with Gasteiger partial charge in [0.15, 0.2) is 0 Å². The fourth-order valence-electron chi connectivity index (χ4n) is 1.67. The Balaban J connectivity index is 2.61. The number of carbonyl (C=O) groups excluding carboxylic acids is 2. The summed E-state index contributed by atoms with van der Waals surface area (Å²) in [6.07, 6.45) is 2.62. The lowest BCUT2D eigenvalue weighted by molar-refractivity contribution is -0.117. The number of hydrogen-bond acceptors (Lipinski definition) is 3. The Labute approximate surface area is 113 Å². The summed E-state index contributed by atoms with van der Waals surface area (Å²) in [5.41, 5.74) is 7.06. The van der Waals surface area contributed by atoms with Gasteiger partial charge in [0.2, 0.25) is 11.8 Å². The molecule has 4 N–H and O–H groups in total. The van der Waals surface area contributed by atoms with Crippen LogP contribution in [-0.2, 0) is 9.59 Å². The predicted molar refractivity (Wildman–Crippen MR) is 76.9 cm³/mol. The van der Waals surface area contributed by atoms with E-state index in [4.69, 9.17) is 5.73 Å². The fourth-order valence-corrected chi connectivity index (χ4v) is 1.67. The molecule has 1 aromatic carbocycles. The number of amides is 2. The molecule has 0 aromatic heterocycles. The predicted octanol–water partition coefficient (Wildman–Crippen LogP) is 2.10. The molecule has 0 fully saturated rings. The Morgan fingerprint density at radius 2 is 1.89 bits per heavy atom. The van der Waals surface area contributed by atoms with Crippen LogP contribution in [0.2, 0.25) is 0 Å². The standard InChI is InChI=1S/C14H21N3O2/c1-3-4-8-13(15)14(19)17-12-7-5-6-11(9-12)16-10(2)18/h5-7,9,13H,3-4,8,15H2,1-2H3,(H,16,18)(H,17,19)/t13-/m0/s1. The molecule has 0 saturated carbocycles. The van der Waals surface area contributed by atoms with E-state index in [0.29, 0.717) is 17.8 Å². The summed E-state index contributed by atoms with van der Waals surface area (Å²) < 4.78 is 0. The summed E-state index contributed by atoms with van der Waals surface area (Å²) in [6.45, 7) is 3.49. The van der Waals surface area contributed by atoms with Crippen molar-refractivity contribution in [3.8, 4) is 0 Å². The highest BCUT2D eigenvalue weighted by Crippen LogP contribution is 2.15. The first-order valence-electron chi connectivity index (χ1n) is 6.47. The smallest absolute Gasteiger partial charge is 0.241 e. The molecular weight excluding hydrogens is 242 g/mol. The molecule has 19 heavy (non-hydrogen) atoms. The molecule has 0 unspecified atom stereocenters. The van der Waals surface area contributed by atoms with Crippen molar-refractivity contribution >= 4 is 23.2 Å². The molecular formula is C14H21N3O2. The van der Waals surface area contributed by atoms with E-state index in [9.17, 15) is 9.59 Å². The molecule has 0 bridgehead atoms.